The van der Waals surface area contributed by atoms with Crippen LogP contribution in [0.25, 0.3) is 0 Å². The van der Waals surface area contributed by atoms with Crippen molar-refractivity contribution in [1.29, 1.82) is 0 Å². The number of hydrogen-bond donors (Lipinski definition) is 1. The molecule has 7 nitrogen and oxygen atoms in total. The van der Waals surface area contributed by atoms with E-state index in [1.54, 1.807) is 6.07 Å². The summed E-state index contributed by atoms with van der Waals surface area (Å²) in [6, 6.07) is 5.71. The van der Waals surface area contributed by atoms with Crippen molar-refractivity contribution in [3.8, 4) is 11.5 Å². The molecule has 0 spiro atoms. The van der Waals surface area contributed by atoms with Crippen LogP contribution in [0.1, 0.15) is 49.5 Å². The fourth-order valence-electron chi connectivity index (χ4n) is 4.08. The Bertz CT molecular complexity index is 955. The SMILES string of the molecule is O=C(NC1CCCCC1)C(c1ccco1)N(Cc1ccc2c(c1)OCO2)C(=O)C(F)(F)F. The van der Waals surface area contributed by atoms with Crippen molar-refractivity contribution in [1.82, 2.24) is 10.2 Å². The number of alkyl halides is 3. The largest absolute Gasteiger partial charge is 0.471 e. The van der Waals surface area contributed by atoms with Crippen LogP contribution in [-0.4, -0.2) is 35.7 Å². The highest BCUT2D eigenvalue weighted by Crippen LogP contribution is 2.35. The van der Waals surface area contributed by atoms with E-state index in [1.807, 2.05) is 0 Å². The van der Waals surface area contributed by atoms with E-state index in [-0.39, 0.29) is 18.6 Å². The molecule has 1 aliphatic carbocycles. The molecule has 2 aliphatic rings. The van der Waals surface area contributed by atoms with Gasteiger partial charge in [0, 0.05) is 12.6 Å². The summed E-state index contributed by atoms with van der Waals surface area (Å²) in [5.41, 5.74) is 0.355. The van der Waals surface area contributed by atoms with Gasteiger partial charge in [0.1, 0.15) is 5.76 Å². The van der Waals surface area contributed by atoms with Crippen molar-refractivity contribution >= 4 is 11.8 Å². The number of carbonyl (C=O) groups is 2. The summed E-state index contributed by atoms with van der Waals surface area (Å²) in [5, 5.41) is 2.82. The molecule has 0 saturated heterocycles. The predicted molar refractivity (Wildman–Crippen MR) is 106 cm³/mol. The minimum atomic E-state index is -5.17. The Hall–Kier alpha value is -3.17. The number of nitrogens with zero attached hydrogens (tertiary/aromatic N) is 1. The van der Waals surface area contributed by atoms with Gasteiger partial charge in [-0.25, -0.2) is 0 Å². The van der Waals surface area contributed by atoms with Crippen molar-refractivity contribution in [3.05, 3.63) is 47.9 Å². The lowest BCUT2D eigenvalue weighted by atomic mass is 9.95. The van der Waals surface area contributed by atoms with Gasteiger partial charge >= 0.3 is 12.1 Å². The number of halogens is 3. The highest BCUT2D eigenvalue weighted by molar-refractivity contribution is 5.90. The van der Waals surface area contributed by atoms with Crippen molar-refractivity contribution in [2.75, 3.05) is 6.79 Å². The predicted octanol–water partition coefficient (Wildman–Crippen LogP) is 4.09. The van der Waals surface area contributed by atoms with Crippen LogP contribution in [-0.2, 0) is 16.1 Å². The quantitative estimate of drug-likeness (QED) is 0.714. The van der Waals surface area contributed by atoms with Crippen molar-refractivity contribution < 1.29 is 36.7 Å². The summed E-state index contributed by atoms with van der Waals surface area (Å²) >= 11 is 0. The number of amides is 2. The molecule has 1 N–H and O–H groups in total. The van der Waals surface area contributed by atoms with Crippen LogP contribution in [0.3, 0.4) is 0 Å². The number of ether oxygens (including phenoxy) is 2. The van der Waals surface area contributed by atoms with Gasteiger partial charge in [0.15, 0.2) is 17.5 Å². The zero-order chi connectivity index (χ0) is 22.7. The first-order valence-corrected chi connectivity index (χ1v) is 10.4. The van der Waals surface area contributed by atoms with E-state index in [4.69, 9.17) is 13.9 Å². The molecule has 2 aromatic rings. The second kappa shape index (κ2) is 9.13. The Morgan fingerprint density at radius 2 is 1.84 bits per heavy atom. The first-order valence-electron chi connectivity index (χ1n) is 10.4. The Labute approximate surface area is 182 Å². The van der Waals surface area contributed by atoms with Crippen LogP contribution in [0, 0.1) is 0 Å². The summed E-state index contributed by atoms with van der Waals surface area (Å²) < 4.78 is 56.4. The number of hydrogen-bond acceptors (Lipinski definition) is 5. The minimum absolute atomic E-state index is 0.00278. The van der Waals surface area contributed by atoms with Crippen LogP contribution in [0.15, 0.2) is 41.0 Å². The molecular formula is C22H23F3N2O5. The molecule has 2 amide bonds. The van der Waals surface area contributed by atoms with Crippen LogP contribution in [0.2, 0.25) is 0 Å². The summed E-state index contributed by atoms with van der Waals surface area (Å²) in [6.07, 6.45) is 0.478. The van der Waals surface area contributed by atoms with E-state index in [2.05, 4.69) is 5.32 Å². The lowest BCUT2D eigenvalue weighted by Crippen LogP contribution is -2.50. The lowest BCUT2D eigenvalue weighted by Gasteiger charge is -2.32. The molecule has 172 valence electrons. The monoisotopic (exact) mass is 452 g/mol. The number of carbonyl (C=O) groups excluding carboxylic acids is 2. The molecule has 4 rings (SSSR count). The molecule has 2 heterocycles. The standard InChI is InChI=1S/C22H23F3N2O5/c23-22(24,25)21(29)27(12-14-8-9-16-18(11-14)32-13-31-16)19(17-7-4-10-30-17)20(28)26-15-5-2-1-3-6-15/h4,7-11,15,19H,1-3,5-6,12-13H2,(H,26,28). The minimum Gasteiger partial charge on any atom is -0.467 e. The lowest BCUT2D eigenvalue weighted by molar-refractivity contribution is -0.190. The van der Waals surface area contributed by atoms with Crippen LogP contribution in [0.5, 0.6) is 11.5 Å². The van der Waals surface area contributed by atoms with E-state index in [0.29, 0.717) is 22.0 Å². The Balaban J connectivity index is 1.66. The second-order valence-corrected chi connectivity index (χ2v) is 7.88. The number of benzene rings is 1. The summed E-state index contributed by atoms with van der Waals surface area (Å²) in [7, 11) is 0. The van der Waals surface area contributed by atoms with Crippen LogP contribution >= 0.6 is 0 Å². The Morgan fingerprint density at radius 1 is 1.09 bits per heavy atom. The highest BCUT2D eigenvalue weighted by atomic mass is 19.4. The maximum Gasteiger partial charge on any atom is 0.471 e. The average molecular weight is 452 g/mol. The van der Waals surface area contributed by atoms with Gasteiger partial charge in [0.05, 0.1) is 6.26 Å². The van der Waals surface area contributed by atoms with Gasteiger partial charge in [-0.2, -0.15) is 13.2 Å². The van der Waals surface area contributed by atoms with Gasteiger partial charge in [-0.05, 0) is 42.7 Å². The third-order valence-corrected chi connectivity index (χ3v) is 5.62. The van der Waals surface area contributed by atoms with Gasteiger partial charge in [-0.15, -0.1) is 0 Å². The molecule has 10 heteroatoms. The molecule has 0 bridgehead atoms. The summed E-state index contributed by atoms with van der Waals surface area (Å²) in [4.78, 5) is 26.1. The second-order valence-electron chi connectivity index (χ2n) is 7.88. The zero-order valence-electron chi connectivity index (χ0n) is 17.2. The molecule has 32 heavy (non-hydrogen) atoms. The van der Waals surface area contributed by atoms with E-state index in [9.17, 15) is 22.8 Å². The molecule has 1 unspecified atom stereocenters. The first-order chi connectivity index (χ1) is 15.3. The Kier molecular flexibility index (Phi) is 6.29. The van der Waals surface area contributed by atoms with E-state index in [0.717, 1.165) is 32.1 Å². The van der Waals surface area contributed by atoms with Gasteiger partial charge in [-0.1, -0.05) is 25.3 Å². The van der Waals surface area contributed by atoms with Crippen molar-refractivity contribution in [3.63, 3.8) is 0 Å². The summed E-state index contributed by atoms with van der Waals surface area (Å²) in [6.45, 7) is -0.471. The molecule has 1 fully saturated rings. The van der Waals surface area contributed by atoms with Gasteiger partial charge in [0.2, 0.25) is 6.79 Å². The number of rotatable bonds is 6. The van der Waals surface area contributed by atoms with Crippen molar-refractivity contribution in [2.45, 2.75) is 56.9 Å². The van der Waals surface area contributed by atoms with Gasteiger partial charge in [0.25, 0.3) is 5.91 Å². The highest BCUT2D eigenvalue weighted by Gasteiger charge is 2.47. The van der Waals surface area contributed by atoms with E-state index >= 15 is 0 Å². The van der Waals surface area contributed by atoms with E-state index in [1.165, 1.54) is 30.5 Å². The van der Waals surface area contributed by atoms with Gasteiger partial charge in [-0.3, -0.25) is 9.59 Å². The molecule has 1 saturated carbocycles. The maximum absolute atomic E-state index is 13.5. The molecule has 1 aromatic heterocycles. The average Bonchev–Trinajstić information content (AvgIpc) is 3.44. The topological polar surface area (TPSA) is 81.0 Å². The first kappa shape index (κ1) is 22.0. The number of fused-ring (bicyclic) bond motifs is 1. The van der Waals surface area contributed by atoms with Crippen LogP contribution < -0.4 is 14.8 Å². The third-order valence-electron chi connectivity index (χ3n) is 5.62. The molecule has 1 aromatic carbocycles. The summed E-state index contributed by atoms with van der Waals surface area (Å²) in [5.74, 6) is -2.06. The molecule has 1 aliphatic heterocycles. The number of furan rings is 1. The van der Waals surface area contributed by atoms with Crippen molar-refractivity contribution in [2.24, 2.45) is 0 Å². The van der Waals surface area contributed by atoms with E-state index < -0.39 is 30.6 Å². The Morgan fingerprint density at radius 3 is 2.53 bits per heavy atom. The molecular weight excluding hydrogens is 429 g/mol. The fourth-order valence-corrected chi connectivity index (χ4v) is 4.08. The number of nitrogens with one attached hydrogen (secondary N) is 1. The molecule has 1 atom stereocenters. The third kappa shape index (κ3) is 4.84. The van der Waals surface area contributed by atoms with Crippen LogP contribution in [0.4, 0.5) is 13.2 Å². The molecule has 0 radical (unpaired) electrons. The fraction of sp³-hybridized carbons (Fsp3) is 0.455. The zero-order valence-corrected chi connectivity index (χ0v) is 17.2. The smallest absolute Gasteiger partial charge is 0.467 e. The van der Waals surface area contributed by atoms with Gasteiger partial charge < -0.3 is 24.1 Å². The maximum atomic E-state index is 13.5. The normalized spacial score (nSPS) is 17.1.